The van der Waals surface area contributed by atoms with E-state index in [-0.39, 0.29) is 0 Å². The largest absolute Gasteiger partial charge is 0.493 e. The summed E-state index contributed by atoms with van der Waals surface area (Å²) in [6.45, 7) is 8.67. The topological polar surface area (TPSA) is 24.5 Å². The zero-order valence-corrected chi connectivity index (χ0v) is 13.3. The van der Waals surface area contributed by atoms with Gasteiger partial charge in [-0.3, -0.25) is 0 Å². The second-order valence-electron chi connectivity index (χ2n) is 6.87. The molecule has 0 radical (unpaired) electrons. The van der Waals surface area contributed by atoms with Gasteiger partial charge in [0.05, 0.1) is 6.61 Å². The predicted molar refractivity (Wildman–Crippen MR) is 84.5 cm³/mol. The first-order valence-electron chi connectivity index (χ1n) is 7.56. The van der Waals surface area contributed by atoms with Crippen LogP contribution in [0.5, 0.6) is 5.75 Å². The molecule has 1 aliphatic rings. The average Bonchev–Trinajstić information content (AvgIpc) is 2.80. The molecule has 0 saturated carbocycles. The number of nitrogens with one attached hydrogen (secondary N) is 1. The maximum Gasteiger partial charge on any atom is 0.122 e. The van der Waals surface area contributed by atoms with Gasteiger partial charge in [0, 0.05) is 19.5 Å². The molecule has 0 spiro atoms. The van der Waals surface area contributed by atoms with E-state index in [1.165, 1.54) is 11.1 Å². The van der Waals surface area contributed by atoms with Crippen molar-refractivity contribution in [2.75, 3.05) is 40.3 Å². The van der Waals surface area contributed by atoms with Gasteiger partial charge in [-0.05, 0) is 49.7 Å². The summed E-state index contributed by atoms with van der Waals surface area (Å²) < 4.78 is 5.54. The minimum absolute atomic E-state index is 0.315. The van der Waals surface area contributed by atoms with Crippen LogP contribution in [0.1, 0.15) is 25.0 Å². The summed E-state index contributed by atoms with van der Waals surface area (Å²) >= 11 is 0. The highest BCUT2D eigenvalue weighted by molar-refractivity contribution is 5.39. The number of nitrogens with zero attached hydrogens (tertiary/aromatic N) is 1. The number of ether oxygens (including phenoxy) is 1. The van der Waals surface area contributed by atoms with E-state index in [2.05, 4.69) is 56.4 Å². The fourth-order valence-electron chi connectivity index (χ4n) is 2.97. The Morgan fingerprint density at radius 1 is 1.30 bits per heavy atom. The third kappa shape index (κ3) is 4.50. The summed E-state index contributed by atoms with van der Waals surface area (Å²) in [7, 11) is 4.27. The van der Waals surface area contributed by atoms with Gasteiger partial charge in [0.1, 0.15) is 5.75 Å². The molecular weight excluding hydrogens is 248 g/mol. The highest BCUT2D eigenvalue weighted by Gasteiger charge is 2.18. The smallest absolute Gasteiger partial charge is 0.122 e. The molecule has 0 amide bonds. The quantitative estimate of drug-likeness (QED) is 0.774. The van der Waals surface area contributed by atoms with E-state index in [4.69, 9.17) is 4.74 Å². The van der Waals surface area contributed by atoms with Crippen LogP contribution >= 0.6 is 0 Å². The summed E-state index contributed by atoms with van der Waals surface area (Å²) in [6.07, 6.45) is 2.15. The normalized spacial score (nSPS) is 14.4. The first-order valence-corrected chi connectivity index (χ1v) is 7.56. The molecule has 0 aliphatic carbocycles. The van der Waals surface area contributed by atoms with E-state index in [1.807, 2.05) is 0 Å². The average molecular weight is 276 g/mol. The molecule has 112 valence electrons. The Balaban J connectivity index is 1.73. The number of rotatable bonds is 7. The molecule has 0 fully saturated rings. The molecule has 1 aromatic rings. The molecule has 0 saturated heterocycles. The van der Waals surface area contributed by atoms with E-state index in [1.54, 1.807) is 0 Å². The monoisotopic (exact) mass is 276 g/mol. The minimum atomic E-state index is 0.315. The van der Waals surface area contributed by atoms with E-state index in [9.17, 15) is 0 Å². The van der Waals surface area contributed by atoms with E-state index in [0.717, 1.165) is 44.8 Å². The summed E-state index contributed by atoms with van der Waals surface area (Å²) in [5.41, 5.74) is 3.09. The molecular formula is C17H28N2O. The van der Waals surface area contributed by atoms with Crippen molar-refractivity contribution in [3.63, 3.8) is 0 Å². The standard InChI is InChI=1S/C17H28N2O/c1-17(2,13-19(3)4)12-18-9-7-14-5-6-16-15(11-14)8-10-20-16/h5-6,11,18H,7-10,12-13H2,1-4H3. The van der Waals surface area contributed by atoms with Crippen molar-refractivity contribution >= 4 is 0 Å². The lowest BCUT2D eigenvalue weighted by Gasteiger charge is -2.28. The van der Waals surface area contributed by atoms with Crippen LogP contribution in [0.2, 0.25) is 0 Å². The molecule has 3 nitrogen and oxygen atoms in total. The van der Waals surface area contributed by atoms with Crippen molar-refractivity contribution < 1.29 is 4.74 Å². The van der Waals surface area contributed by atoms with Gasteiger partial charge in [-0.25, -0.2) is 0 Å². The summed E-state index contributed by atoms with van der Waals surface area (Å²) in [5, 5.41) is 3.59. The first kappa shape index (κ1) is 15.3. The third-order valence-electron chi connectivity index (χ3n) is 3.69. The van der Waals surface area contributed by atoms with Gasteiger partial charge in [0.2, 0.25) is 0 Å². The van der Waals surface area contributed by atoms with Crippen LogP contribution < -0.4 is 10.1 Å². The van der Waals surface area contributed by atoms with Crippen LogP contribution in [-0.4, -0.2) is 45.2 Å². The zero-order valence-electron chi connectivity index (χ0n) is 13.3. The second-order valence-corrected chi connectivity index (χ2v) is 6.87. The lowest BCUT2D eigenvalue weighted by atomic mass is 9.93. The summed E-state index contributed by atoms with van der Waals surface area (Å²) in [6, 6.07) is 6.61. The summed E-state index contributed by atoms with van der Waals surface area (Å²) in [4.78, 5) is 2.25. The molecule has 0 atom stereocenters. The molecule has 3 heteroatoms. The molecule has 2 rings (SSSR count). The molecule has 1 aliphatic heterocycles. The van der Waals surface area contributed by atoms with Gasteiger partial charge in [0.15, 0.2) is 0 Å². The van der Waals surface area contributed by atoms with E-state index < -0.39 is 0 Å². The SMILES string of the molecule is CN(C)CC(C)(C)CNCCc1ccc2c(c1)CCO2. The van der Waals surface area contributed by atoms with Crippen LogP contribution in [0, 0.1) is 5.41 Å². The van der Waals surface area contributed by atoms with Crippen LogP contribution in [-0.2, 0) is 12.8 Å². The van der Waals surface area contributed by atoms with Gasteiger partial charge >= 0.3 is 0 Å². The van der Waals surface area contributed by atoms with Crippen LogP contribution in [0.4, 0.5) is 0 Å². The lowest BCUT2D eigenvalue weighted by molar-refractivity contribution is 0.233. The van der Waals surface area contributed by atoms with Gasteiger partial charge in [-0.15, -0.1) is 0 Å². The molecule has 0 unspecified atom stereocenters. The molecule has 1 heterocycles. The van der Waals surface area contributed by atoms with Gasteiger partial charge < -0.3 is 15.0 Å². The van der Waals surface area contributed by atoms with E-state index in [0.29, 0.717) is 5.41 Å². The van der Waals surface area contributed by atoms with Gasteiger partial charge in [-0.2, -0.15) is 0 Å². The maximum absolute atomic E-state index is 5.54. The van der Waals surface area contributed by atoms with Gasteiger partial charge in [0.25, 0.3) is 0 Å². The van der Waals surface area contributed by atoms with Crippen molar-refractivity contribution in [1.82, 2.24) is 10.2 Å². The molecule has 20 heavy (non-hydrogen) atoms. The number of benzene rings is 1. The minimum Gasteiger partial charge on any atom is -0.493 e. The van der Waals surface area contributed by atoms with E-state index >= 15 is 0 Å². The Kier molecular flexibility index (Phi) is 5.06. The Morgan fingerprint density at radius 2 is 2.10 bits per heavy atom. The highest BCUT2D eigenvalue weighted by atomic mass is 16.5. The van der Waals surface area contributed by atoms with Crippen molar-refractivity contribution in [2.45, 2.75) is 26.7 Å². The summed E-state index contributed by atoms with van der Waals surface area (Å²) in [5.74, 6) is 1.08. The van der Waals surface area contributed by atoms with Crippen molar-refractivity contribution in [3.8, 4) is 5.75 Å². The highest BCUT2D eigenvalue weighted by Crippen LogP contribution is 2.25. The Bertz CT molecular complexity index is 441. The molecule has 1 N–H and O–H groups in total. The fourth-order valence-corrected chi connectivity index (χ4v) is 2.97. The maximum atomic E-state index is 5.54. The first-order chi connectivity index (χ1) is 9.46. The Labute approximate surface area is 123 Å². The Hall–Kier alpha value is -1.06. The number of hydrogen-bond donors (Lipinski definition) is 1. The molecule has 0 bridgehead atoms. The predicted octanol–water partition coefficient (Wildman–Crippen LogP) is 2.34. The zero-order chi connectivity index (χ0) is 14.6. The lowest BCUT2D eigenvalue weighted by Crippen LogP contribution is -2.38. The Morgan fingerprint density at radius 3 is 2.85 bits per heavy atom. The number of fused-ring (bicyclic) bond motifs is 1. The third-order valence-corrected chi connectivity index (χ3v) is 3.69. The molecule has 1 aromatic carbocycles. The van der Waals surface area contributed by atoms with Crippen LogP contribution in [0.25, 0.3) is 0 Å². The van der Waals surface area contributed by atoms with Crippen LogP contribution in [0.3, 0.4) is 0 Å². The fraction of sp³-hybridized carbons (Fsp3) is 0.647. The van der Waals surface area contributed by atoms with Crippen molar-refractivity contribution in [3.05, 3.63) is 29.3 Å². The number of hydrogen-bond acceptors (Lipinski definition) is 3. The van der Waals surface area contributed by atoms with Gasteiger partial charge in [-0.1, -0.05) is 26.0 Å². The van der Waals surface area contributed by atoms with Crippen molar-refractivity contribution in [1.29, 1.82) is 0 Å². The van der Waals surface area contributed by atoms with Crippen molar-refractivity contribution in [2.24, 2.45) is 5.41 Å². The second kappa shape index (κ2) is 6.59. The molecule has 0 aromatic heterocycles. The van der Waals surface area contributed by atoms with Crippen LogP contribution in [0.15, 0.2) is 18.2 Å².